The smallest absolute Gasteiger partial charge is 0.304 e. The average Bonchev–Trinajstić information content (AvgIpc) is 2.95. The minimum atomic E-state index is -0.740. The minimum absolute atomic E-state index is 0.0380. The summed E-state index contributed by atoms with van der Waals surface area (Å²) < 4.78 is 2.29. The van der Waals surface area contributed by atoms with Crippen molar-refractivity contribution in [3.63, 3.8) is 0 Å². The van der Waals surface area contributed by atoms with Gasteiger partial charge in [-0.05, 0) is 43.9 Å². The second kappa shape index (κ2) is 7.20. The van der Waals surface area contributed by atoms with E-state index >= 15 is 0 Å². The van der Waals surface area contributed by atoms with E-state index in [0.29, 0.717) is 0 Å². The van der Waals surface area contributed by atoms with Crippen molar-refractivity contribution in [2.45, 2.75) is 64.3 Å². The van der Waals surface area contributed by atoms with Crippen LogP contribution < -0.4 is 0 Å². The maximum Gasteiger partial charge on any atom is 0.304 e. The molecule has 1 aromatic carbocycles. The first-order valence-corrected chi connectivity index (χ1v) is 9.34. The van der Waals surface area contributed by atoms with Crippen molar-refractivity contribution in [1.82, 2.24) is 9.55 Å². The molecule has 3 rings (SSSR count). The van der Waals surface area contributed by atoms with Crippen molar-refractivity contribution in [1.29, 1.82) is 0 Å². The van der Waals surface area contributed by atoms with Gasteiger partial charge in [-0.2, -0.15) is 0 Å². The summed E-state index contributed by atoms with van der Waals surface area (Å²) in [4.78, 5) is 16.3. The molecule has 1 heterocycles. The molecule has 1 N–H and O–H groups in total. The molecule has 1 aromatic heterocycles. The Labute approximate surface area is 153 Å². The van der Waals surface area contributed by atoms with Crippen molar-refractivity contribution >= 4 is 17.6 Å². The fourth-order valence-corrected chi connectivity index (χ4v) is 4.02. The van der Waals surface area contributed by atoms with Crippen LogP contribution in [0.1, 0.15) is 80.7 Å². The topological polar surface area (TPSA) is 55.1 Å². The number of carbonyl (C=O) groups is 1. The lowest BCUT2D eigenvalue weighted by molar-refractivity contribution is -0.137. The maximum atomic E-state index is 11.4. The summed E-state index contributed by atoms with van der Waals surface area (Å²) in [5.74, 6) is 0.627. The number of hydrogen-bond acceptors (Lipinski definition) is 2. The molecule has 2 unspecified atom stereocenters. The molecule has 5 heteroatoms. The van der Waals surface area contributed by atoms with E-state index in [1.807, 2.05) is 24.3 Å². The SMILES string of the molecule is CC(C)c1nc2c(n1C(C)c1ccc(Cl)cc1)C(CC(=O)O)CCC2. The van der Waals surface area contributed by atoms with E-state index in [4.69, 9.17) is 16.6 Å². The summed E-state index contributed by atoms with van der Waals surface area (Å²) in [6.07, 6.45) is 3.03. The molecular formula is C20H25ClN2O2. The molecule has 1 aliphatic rings. The standard InChI is InChI=1S/C20H25ClN2O2/c1-12(2)20-22-17-6-4-5-15(11-18(24)25)19(17)23(20)13(3)14-7-9-16(21)10-8-14/h7-10,12-13,15H,4-6,11H2,1-3H3,(H,24,25). The zero-order valence-corrected chi connectivity index (χ0v) is 15.8. The fourth-order valence-electron chi connectivity index (χ4n) is 3.89. The molecular weight excluding hydrogens is 336 g/mol. The van der Waals surface area contributed by atoms with Crippen LogP contribution >= 0.6 is 11.6 Å². The van der Waals surface area contributed by atoms with E-state index in [2.05, 4.69) is 25.3 Å². The highest BCUT2D eigenvalue weighted by molar-refractivity contribution is 6.30. The van der Waals surface area contributed by atoms with E-state index < -0.39 is 5.97 Å². The molecule has 0 radical (unpaired) electrons. The average molecular weight is 361 g/mol. The second-order valence-corrected chi connectivity index (χ2v) is 7.68. The third kappa shape index (κ3) is 3.59. The van der Waals surface area contributed by atoms with Crippen molar-refractivity contribution in [2.75, 3.05) is 0 Å². The summed E-state index contributed by atoms with van der Waals surface area (Å²) in [5, 5.41) is 10.1. The number of aliphatic carboxylic acids is 1. The van der Waals surface area contributed by atoms with Gasteiger partial charge in [-0.1, -0.05) is 37.6 Å². The van der Waals surface area contributed by atoms with Gasteiger partial charge in [0, 0.05) is 22.6 Å². The lowest BCUT2D eigenvalue weighted by atomic mass is 9.87. The van der Waals surface area contributed by atoms with Gasteiger partial charge in [0.05, 0.1) is 18.2 Å². The van der Waals surface area contributed by atoms with Gasteiger partial charge in [-0.15, -0.1) is 0 Å². The van der Waals surface area contributed by atoms with Gasteiger partial charge in [-0.3, -0.25) is 4.79 Å². The number of fused-ring (bicyclic) bond motifs is 1. The zero-order chi connectivity index (χ0) is 18.1. The lowest BCUT2D eigenvalue weighted by Gasteiger charge is -2.27. The van der Waals surface area contributed by atoms with Gasteiger partial charge >= 0.3 is 5.97 Å². The Morgan fingerprint density at radius 3 is 2.60 bits per heavy atom. The van der Waals surface area contributed by atoms with Crippen LogP contribution in [0.3, 0.4) is 0 Å². The molecule has 0 amide bonds. The van der Waals surface area contributed by atoms with E-state index in [1.54, 1.807) is 0 Å². The molecule has 134 valence electrons. The van der Waals surface area contributed by atoms with Crippen LogP contribution in [-0.2, 0) is 11.2 Å². The Morgan fingerprint density at radius 2 is 2.00 bits per heavy atom. The molecule has 0 saturated carbocycles. The number of halogens is 1. The minimum Gasteiger partial charge on any atom is -0.481 e. The van der Waals surface area contributed by atoms with Gasteiger partial charge in [-0.25, -0.2) is 4.98 Å². The zero-order valence-electron chi connectivity index (χ0n) is 15.0. The highest BCUT2D eigenvalue weighted by atomic mass is 35.5. The van der Waals surface area contributed by atoms with E-state index in [0.717, 1.165) is 47.1 Å². The van der Waals surface area contributed by atoms with Crippen LogP contribution in [0.5, 0.6) is 0 Å². The van der Waals surface area contributed by atoms with E-state index in [1.165, 1.54) is 0 Å². The molecule has 0 spiro atoms. The quantitative estimate of drug-likeness (QED) is 0.800. The van der Waals surface area contributed by atoms with Crippen LogP contribution in [0.25, 0.3) is 0 Å². The van der Waals surface area contributed by atoms with E-state index in [9.17, 15) is 9.90 Å². The lowest BCUT2D eigenvalue weighted by Crippen LogP contribution is -2.21. The molecule has 2 aromatic rings. The fraction of sp³-hybridized carbons (Fsp3) is 0.500. The van der Waals surface area contributed by atoms with Crippen LogP contribution in [0.4, 0.5) is 0 Å². The predicted octanol–water partition coefficient (Wildman–Crippen LogP) is 5.16. The highest BCUT2D eigenvalue weighted by Gasteiger charge is 2.32. The Balaban J connectivity index is 2.11. The predicted molar refractivity (Wildman–Crippen MR) is 99.5 cm³/mol. The van der Waals surface area contributed by atoms with Crippen LogP contribution in [-0.4, -0.2) is 20.6 Å². The van der Waals surface area contributed by atoms with Crippen LogP contribution in [0.2, 0.25) is 5.02 Å². The summed E-state index contributed by atoms with van der Waals surface area (Å²) >= 11 is 6.03. The summed E-state index contributed by atoms with van der Waals surface area (Å²) in [6.45, 7) is 6.44. The van der Waals surface area contributed by atoms with Gasteiger partial charge in [0.1, 0.15) is 5.82 Å². The second-order valence-electron chi connectivity index (χ2n) is 7.24. The number of hydrogen-bond donors (Lipinski definition) is 1. The largest absolute Gasteiger partial charge is 0.481 e. The highest BCUT2D eigenvalue weighted by Crippen LogP contribution is 2.39. The van der Waals surface area contributed by atoms with Gasteiger partial charge < -0.3 is 9.67 Å². The number of carboxylic acids is 1. The Bertz CT molecular complexity index is 765. The summed E-state index contributed by atoms with van der Waals surface area (Å²) in [5.41, 5.74) is 3.37. The first-order valence-electron chi connectivity index (χ1n) is 8.96. The van der Waals surface area contributed by atoms with Crippen LogP contribution in [0, 0.1) is 0 Å². The number of imidazole rings is 1. The molecule has 0 bridgehead atoms. The third-order valence-corrected chi connectivity index (χ3v) is 5.33. The number of carboxylic acid groups (broad SMARTS) is 1. The van der Waals surface area contributed by atoms with Gasteiger partial charge in [0.25, 0.3) is 0 Å². The number of aromatic nitrogens is 2. The van der Waals surface area contributed by atoms with Crippen molar-refractivity contribution in [2.24, 2.45) is 0 Å². The van der Waals surface area contributed by atoms with Crippen LogP contribution in [0.15, 0.2) is 24.3 Å². The Hall–Kier alpha value is -1.81. The normalized spacial score (nSPS) is 18.2. The first-order chi connectivity index (χ1) is 11.9. The molecule has 25 heavy (non-hydrogen) atoms. The molecule has 0 aliphatic heterocycles. The first kappa shape index (κ1) is 18.0. The molecule has 0 fully saturated rings. The molecule has 4 nitrogen and oxygen atoms in total. The Kier molecular flexibility index (Phi) is 5.19. The third-order valence-electron chi connectivity index (χ3n) is 5.08. The molecule has 2 atom stereocenters. The van der Waals surface area contributed by atoms with E-state index in [-0.39, 0.29) is 24.3 Å². The van der Waals surface area contributed by atoms with Crippen molar-refractivity contribution < 1.29 is 9.90 Å². The van der Waals surface area contributed by atoms with Crippen molar-refractivity contribution in [3.05, 3.63) is 52.1 Å². The maximum absolute atomic E-state index is 11.4. The number of aryl methyl sites for hydroxylation is 1. The molecule has 0 saturated heterocycles. The molecule has 1 aliphatic carbocycles. The number of nitrogens with zero attached hydrogens (tertiary/aromatic N) is 2. The van der Waals surface area contributed by atoms with Gasteiger partial charge in [0.15, 0.2) is 0 Å². The number of benzene rings is 1. The summed E-state index contributed by atoms with van der Waals surface area (Å²) in [7, 11) is 0. The van der Waals surface area contributed by atoms with Gasteiger partial charge in [0.2, 0.25) is 0 Å². The number of rotatable bonds is 5. The Morgan fingerprint density at radius 1 is 1.32 bits per heavy atom. The summed E-state index contributed by atoms with van der Waals surface area (Å²) in [6, 6.07) is 7.98. The van der Waals surface area contributed by atoms with Crippen molar-refractivity contribution in [3.8, 4) is 0 Å². The monoisotopic (exact) mass is 360 g/mol.